The van der Waals surface area contributed by atoms with Crippen molar-refractivity contribution in [3.05, 3.63) is 0 Å². The highest BCUT2D eigenvalue weighted by Crippen LogP contribution is 2.07. The van der Waals surface area contributed by atoms with Gasteiger partial charge in [0, 0.05) is 59.4 Å². The quantitative estimate of drug-likeness (QED) is 0.309. The van der Waals surface area contributed by atoms with Gasteiger partial charge in [0.1, 0.15) is 0 Å². The molecule has 1 atom stereocenters. The molecule has 0 amide bonds. The van der Waals surface area contributed by atoms with Gasteiger partial charge in [-0.15, -0.1) is 24.0 Å². The van der Waals surface area contributed by atoms with Crippen LogP contribution in [0.5, 0.6) is 0 Å². The van der Waals surface area contributed by atoms with E-state index in [1.165, 1.54) is 26.1 Å². The van der Waals surface area contributed by atoms with Gasteiger partial charge in [-0.3, -0.25) is 9.89 Å². The van der Waals surface area contributed by atoms with E-state index in [2.05, 4.69) is 51.2 Å². The summed E-state index contributed by atoms with van der Waals surface area (Å²) in [7, 11) is 4.05. The van der Waals surface area contributed by atoms with E-state index in [-0.39, 0.29) is 30.1 Å². The van der Waals surface area contributed by atoms with E-state index in [4.69, 9.17) is 4.74 Å². The number of likely N-dealkylation sites (N-methyl/N-ethyl adjacent to an activating group) is 1. The van der Waals surface area contributed by atoms with Gasteiger partial charge in [-0.1, -0.05) is 13.8 Å². The number of hydrogen-bond acceptors (Lipinski definition) is 5. The third-order valence-corrected chi connectivity index (χ3v) is 5.10. The maximum atomic E-state index is 5.91. The van der Waals surface area contributed by atoms with Crippen molar-refractivity contribution in [2.75, 3.05) is 86.1 Å². The lowest BCUT2D eigenvalue weighted by Gasteiger charge is -2.34. The Bertz CT molecular complexity index is 423. The molecule has 2 fully saturated rings. The zero-order valence-electron chi connectivity index (χ0n) is 17.7. The summed E-state index contributed by atoms with van der Waals surface area (Å²) in [5.41, 5.74) is 0. The van der Waals surface area contributed by atoms with Crippen molar-refractivity contribution >= 4 is 29.9 Å². The lowest BCUT2D eigenvalue weighted by Crippen LogP contribution is -2.50. The Morgan fingerprint density at radius 1 is 1.11 bits per heavy atom. The maximum absolute atomic E-state index is 5.91. The van der Waals surface area contributed by atoms with Crippen LogP contribution in [-0.2, 0) is 4.74 Å². The molecular formula is C19H41IN6O. The summed E-state index contributed by atoms with van der Waals surface area (Å²) in [6.45, 7) is 16.1. The van der Waals surface area contributed by atoms with Gasteiger partial charge in [-0.2, -0.15) is 0 Å². The second-order valence-electron chi connectivity index (χ2n) is 8.02. The Labute approximate surface area is 183 Å². The first-order valence-electron chi connectivity index (χ1n) is 10.3. The largest absolute Gasteiger partial charge is 0.374 e. The van der Waals surface area contributed by atoms with Gasteiger partial charge in [0.05, 0.1) is 12.7 Å². The molecule has 0 aromatic heterocycles. The van der Waals surface area contributed by atoms with E-state index in [0.717, 1.165) is 58.4 Å². The van der Waals surface area contributed by atoms with E-state index >= 15 is 0 Å². The second-order valence-corrected chi connectivity index (χ2v) is 8.02. The molecule has 2 aliphatic rings. The number of hydrogen-bond donors (Lipinski definition) is 2. The Morgan fingerprint density at radius 2 is 1.93 bits per heavy atom. The first-order valence-corrected chi connectivity index (χ1v) is 10.3. The average Bonchev–Trinajstić information content (AvgIpc) is 2.82. The molecule has 27 heavy (non-hydrogen) atoms. The normalized spacial score (nSPS) is 23.7. The predicted octanol–water partition coefficient (Wildman–Crippen LogP) is 0.764. The molecule has 0 radical (unpaired) electrons. The lowest BCUT2D eigenvalue weighted by molar-refractivity contribution is -0.0284. The topological polar surface area (TPSA) is 55.4 Å². The number of guanidine groups is 1. The van der Waals surface area contributed by atoms with E-state index in [1.54, 1.807) is 0 Å². The highest BCUT2D eigenvalue weighted by molar-refractivity contribution is 14.0. The fourth-order valence-corrected chi connectivity index (χ4v) is 3.67. The number of ether oxygens (including phenoxy) is 1. The first kappa shape index (κ1) is 24.9. The molecule has 0 saturated carbocycles. The van der Waals surface area contributed by atoms with Crippen LogP contribution in [0, 0.1) is 5.92 Å². The van der Waals surface area contributed by atoms with Gasteiger partial charge < -0.3 is 25.2 Å². The minimum atomic E-state index is 0. The number of nitrogens with one attached hydrogen (secondary N) is 2. The first-order chi connectivity index (χ1) is 12.6. The molecule has 0 aliphatic carbocycles. The molecular weight excluding hydrogens is 455 g/mol. The molecule has 8 heteroatoms. The van der Waals surface area contributed by atoms with E-state index < -0.39 is 0 Å². The van der Waals surface area contributed by atoms with Crippen molar-refractivity contribution in [2.45, 2.75) is 26.4 Å². The number of nitrogens with zero attached hydrogens (tertiary/aromatic N) is 4. The van der Waals surface area contributed by atoms with Gasteiger partial charge in [-0.25, -0.2) is 0 Å². The van der Waals surface area contributed by atoms with Crippen molar-refractivity contribution in [3.63, 3.8) is 0 Å². The Morgan fingerprint density at radius 3 is 2.67 bits per heavy atom. The summed E-state index contributed by atoms with van der Waals surface area (Å²) in [4.78, 5) is 11.8. The van der Waals surface area contributed by atoms with Gasteiger partial charge in [0.25, 0.3) is 0 Å². The number of morpholine rings is 1. The van der Waals surface area contributed by atoms with Crippen molar-refractivity contribution in [1.82, 2.24) is 25.3 Å². The summed E-state index contributed by atoms with van der Waals surface area (Å²) in [5, 5.41) is 6.88. The Balaban J connectivity index is 0.00000364. The highest BCUT2D eigenvalue weighted by atomic mass is 127. The maximum Gasteiger partial charge on any atom is 0.191 e. The van der Waals surface area contributed by atoms with Gasteiger partial charge >= 0.3 is 0 Å². The summed E-state index contributed by atoms with van der Waals surface area (Å²) < 4.78 is 5.91. The van der Waals surface area contributed by atoms with Gasteiger partial charge in [0.2, 0.25) is 0 Å². The molecule has 2 heterocycles. The summed E-state index contributed by atoms with van der Waals surface area (Å²) in [6, 6.07) is 0. The van der Waals surface area contributed by atoms with E-state index in [1.807, 2.05) is 7.05 Å². The van der Waals surface area contributed by atoms with E-state index in [0.29, 0.717) is 5.92 Å². The summed E-state index contributed by atoms with van der Waals surface area (Å²) >= 11 is 0. The Kier molecular flexibility index (Phi) is 12.8. The molecule has 2 saturated heterocycles. The molecule has 0 aromatic rings. The predicted molar refractivity (Wildman–Crippen MR) is 124 cm³/mol. The van der Waals surface area contributed by atoms with Crippen LogP contribution in [0.2, 0.25) is 0 Å². The minimum absolute atomic E-state index is 0. The zero-order valence-corrected chi connectivity index (χ0v) is 20.1. The molecule has 0 aromatic carbocycles. The highest BCUT2D eigenvalue weighted by Gasteiger charge is 2.21. The average molecular weight is 496 g/mol. The van der Waals surface area contributed by atoms with E-state index in [9.17, 15) is 0 Å². The second kappa shape index (κ2) is 13.9. The molecule has 2 N–H and O–H groups in total. The van der Waals surface area contributed by atoms with Crippen LogP contribution in [0.4, 0.5) is 0 Å². The van der Waals surface area contributed by atoms with Crippen molar-refractivity contribution in [3.8, 4) is 0 Å². The van der Waals surface area contributed by atoms with Crippen molar-refractivity contribution in [2.24, 2.45) is 10.9 Å². The number of halogens is 1. The van der Waals surface area contributed by atoms with Crippen molar-refractivity contribution < 1.29 is 4.74 Å². The SMILES string of the molecule is CN=C(NCCN1CCCN(C)CC1)NCC1CN(CC(C)C)CCO1.I. The molecule has 2 rings (SSSR count). The zero-order chi connectivity index (χ0) is 18.8. The van der Waals surface area contributed by atoms with Gasteiger partial charge in [-0.05, 0) is 32.5 Å². The third kappa shape index (κ3) is 10.3. The summed E-state index contributed by atoms with van der Waals surface area (Å²) in [6.07, 6.45) is 1.50. The number of rotatable bonds is 7. The molecule has 7 nitrogen and oxygen atoms in total. The third-order valence-electron chi connectivity index (χ3n) is 5.10. The fourth-order valence-electron chi connectivity index (χ4n) is 3.67. The molecule has 1 unspecified atom stereocenters. The van der Waals surface area contributed by atoms with Crippen LogP contribution in [0.15, 0.2) is 4.99 Å². The lowest BCUT2D eigenvalue weighted by atomic mass is 10.2. The van der Waals surface area contributed by atoms with Crippen molar-refractivity contribution in [1.29, 1.82) is 0 Å². The van der Waals surface area contributed by atoms with Gasteiger partial charge in [0.15, 0.2) is 5.96 Å². The molecule has 0 spiro atoms. The van der Waals surface area contributed by atoms with Crippen LogP contribution in [-0.4, -0.2) is 113 Å². The summed E-state index contributed by atoms with van der Waals surface area (Å²) in [5.74, 6) is 1.58. The number of aliphatic imine (C=N–C) groups is 1. The smallest absolute Gasteiger partial charge is 0.191 e. The standard InChI is InChI=1S/C19H40N6O.HI/c1-17(2)15-25-12-13-26-18(16-25)14-22-19(20-3)21-6-9-24-8-5-7-23(4)10-11-24;/h17-18H,5-16H2,1-4H3,(H2,20,21,22);1H. The monoisotopic (exact) mass is 496 g/mol. The molecule has 160 valence electrons. The fraction of sp³-hybridized carbons (Fsp3) is 0.947. The molecule has 2 aliphatic heterocycles. The van der Waals surface area contributed by atoms with Crippen LogP contribution in [0.3, 0.4) is 0 Å². The minimum Gasteiger partial charge on any atom is -0.374 e. The van der Waals surface area contributed by atoms with Crippen LogP contribution in [0.25, 0.3) is 0 Å². The van der Waals surface area contributed by atoms with Crippen LogP contribution >= 0.6 is 24.0 Å². The Hall–Kier alpha value is -0.160. The van der Waals surface area contributed by atoms with Crippen LogP contribution in [0.1, 0.15) is 20.3 Å². The van der Waals surface area contributed by atoms with Crippen LogP contribution < -0.4 is 10.6 Å². The molecule has 0 bridgehead atoms.